The van der Waals surface area contributed by atoms with Crippen LogP contribution in [-0.2, 0) is 5.60 Å². The molecule has 1 heterocycles. The van der Waals surface area contributed by atoms with Gasteiger partial charge in [-0.3, -0.25) is 4.79 Å². The molecule has 0 aliphatic heterocycles. The first-order chi connectivity index (χ1) is 11.7. The number of allylic oxidation sites excluding steroid dienone is 1. The summed E-state index contributed by atoms with van der Waals surface area (Å²) in [6.07, 6.45) is 1.59. The quantitative estimate of drug-likeness (QED) is 0.788. The topological polar surface area (TPSA) is 63.3 Å². The Labute approximate surface area is 156 Å². The third-order valence-electron chi connectivity index (χ3n) is 4.62. The van der Waals surface area contributed by atoms with E-state index in [1.165, 1.54) is 0 Å². The van der Waals surface area contributed by atoms with Gasteiger partial charge in [0.15, 0.2) is 11.5 Å². The standard InChI is InChI=1S/C19H19Cl2NO3/c1-9(2)11-8-19(24,10(3)4)18-15(17(11)23)16(22-25-18)14-12(20)6-5-7-13(14)21/h5-10,24H,1-4H3. The van der Waals surface area contributed by atoms with Gasteiger partial charge in [0.2, 0.25) is 0 Å². The first-order valence-corrected chi connectivity index (χ1v) is 8.88. The smallest absolute Gasteiger partial charge is 0.195 e. The van der Waals surface area contributed by atoms with Gasteiger partial charge >= 0.3 is 0 Å². The number of hydrogen-bond donors (Lipinski definition) is 1. The van der Waals surface area contributed by atoms with Crippen LogP contribution < -0.4 is 0 Å². The van der Waals surface area contributed by atoms with Crippen LogP contribution >= 0.6 is 23.2 Å². The molecule has 0 radical (unpaired) electrons. The Morgan fingerprint density at radius 2 is 1.72 bits per heavy atom. The van der Waals surface area contributed by atoms with Gasteiger partial charge in [0, 0.05) is 11.1 Å². The largest absolute Gasteiger partial charge is 0.377 e. The molecule has 1 atom stereocenters. The molecule has 132 valence electrons. The van der Waals surface area contributed by atoms with Crippen molar-refractivity contribution in [2.45, 2.75) is 33.3 Å². The number of halogens is 2. The minimum atomic E-state index is -1.41. The van der Waals surface area contributed by atoms with Gasteiger partial charge in [0.1, 0.15) is 11.3 Å². The van der Waals surface area contributed by atoms with Crippen molar-refractivity contribution in [3.05, 3.63) is 51.2 Å². The molecule has 25 heavy (non-hydrogen) atoms. The monoisotopic (exact) mass is 379 g/mol. The number of aromatic nitrogens is 1. The number of Topliss-reactive ketones (excluding diaryl/α,β-unsaturated/α-hetero) is 1. The lowest BCUT2D eigenvalue weighted by atomic mass is 9.75. The highest BCUT2D eigenvalue weighted by Gasteiger charge is 2.46. The summed E-state index contributed by atoms with van der Waals surface area (Å²) in [4.78, 5) is 13.1. The fourth-order valence-corrected chi connectivity index (χ4v) is 3.62. The number of carbonyl (C=O) groups is 1. The van der Waals surface area contributed by atoms with E-state index in [4.69, 9.17) is 27.7 Å². The zero-order valence-corrected chi connectivity index (χ0v) is 15.9. The van der Waals surface area contributed by atoms with Gasteiger partial charge in [0.25, 0.3) is 0 Å². The van der Waals surface area contributed by atoms with Crippen LogP contribution in [0.15, 0.2) is 34.4 Å². The van der Waals surface area contributed by atoms with Gasteiger partial charge in [-0.25, -0.2) is 0 Å². The van der Waals surface area contributed by atoms with Crippen molar-refractivity contribution in [1.29, 1.82) is 0 Å². The van der Waals surface area contributed by atoms with Gasteiger partial charge < -0.3 is 9.63 Å². The maximum absolute atomic E-state index is 13.1. The highest BCUT2D eigenvalue weighted by molar-refractivity contribution is 6.39. The van der Waals surface area contributed by atoms with E-state index in [2.05, 4.69) is 5.16 Å². The first kappa shape index (κ1) is 18.2. The molecule has 1 aliphatic rings. The van der Waals surface area contributed by atoms with Gasteiger partial charge in [-0.05, 0) is 30.0 Å². The predicted octanol–water partition coefficient (Wildman–Crippen LogP) is 5.27. The third-order valence-corrected chi connectivity index (χ3v) is 5.25. The minimum Gasteiger partial charge on any atom is -0.377 e. The number of carbonyl (C=O) groups excluding carboxylic acids is 1. The second-order valence-corrected chi connectivity index (χ2v) is 7.71. The molecule has 1 unspecified atom stereocenters. The van der Waals surface area contributed by atoms with E-state index in [1.807, 2.05) is 27.7 Å². The Morgan fingerprint density at radius 3 is 2.24 bits per heavy atom. The maximum Gasteiger partial charge on any atom is 0.195 e. The fourth-order valence-electron chi connectivity index (χ4n) is 3.04. The molecular formula is C19H19Cl2NO3. The SMILES string of the molecule is CC(C)C1=CC(O)(C(C)C)c2onc(-c3c(Cl)cccc3Cl)c2C1=O. The molecule has 0 spiro atoms. The number of aliphatic hydroxyl groups is 1. The van der Waals surface area contributed by atoms with Crippen LogP contribution in [0, 0.1) is 11.8 Å². The lowest BCUT2D eigenvalue weighted by Crippen LogP contribution is -2.36. The summed E-state index contributed by atoms with van der Waals surface area (Å²) in [7, 11) is 0. The van der Waals surface area contributed by atoms with Gasteiger partial charge in [-0.1, -0.05) is 62.1 Å². The molecule has 0 saturated carbocycles. The van der Waals surface area contributed by atoms with E-state index in [1.54, 1.807) is 24.3 Å². The van der Waals surface area contributed by atoms with Crippen molar-refractivity contribution in [2.75, 3.05) is 0 Å². The van der Waals surface area contributed by atoms with E-state index in [9.17, 15) is 9.90 Å². The average Bonchev–Trinajstić information content (AvgIpc) is 2.96. The summed E-state index contributed by atoms with van der Waals surface area (Å²) in [5.74, 6) is -0.351. The van der Waals surface area contributed by atoms with Crippen LogP contribution in [0.2, 0.25) is 10.0 Å². The predicted molar refractivity (Wildman–Crippen MR) is 97.9 cm³/mol. The number of ketones is 1. The molecule has 3 rings (SSSR count). The van der Waals surface area contributed by atoms with Crippen molar-refractivity contribution in [3.63, 3.8) is 0 Å². The van der Waals surface area contributed by atoms with Crippen LogP contribution in [0.3, 0.4) is 0 Å². The molecule has 0 amide bonds. The Morgan fingerprint density at radius 1 is 1.12 bits per heavy atom. The number of nitrogens with zero attached hydrogens (tertiary/aromatic N) is 1. The Kier molecular flexibility index (Phi) is 4.56. The zero-order chi connectivity index (χ0) is 18.5. The van der Waals surface area contributed by atoms with Crippen molar-refractivity contribution >= 4 is 29.0 Å². The lowest BCUT2D eigenvalue weighted by molar-refractivity contribution is 0.00937. The van der Waals surface area contributed by atoms with E-state index >= 15 is 0 Å². The molecule has 1 aromatic carbocycles. The van der Waals surface area contributed by atoms with Crippen LogP contribution in [-0.4, -0.2) is 16.0 Å². The van der Waals surface area contributed by atoms with Crippen molar-refractivity contribution in [1.82, 2.24) is 5.16 Å². The Hall–Kier alpha value is -1.62. The highest BCUT2D eigenvalue weighted by atomic mass is 35.5. The molecule has 0 saturated heterocycles. The number of fused-ring (bicyclic) bond motifs is 1. The molecule has 0 fully saturated rings. The second-order valence-electron chi connectivity index (χ2n) is 6.90. The molecular weight excluding hydrogens is 361 g/mol. The normalized spacial score (nSPS) is 20.2. The second kappa shape index (κ2) is 6.27. The zero-order valence-electron chi connectivity index (χ0n) is 14.4. The van der Waals surface area contributed by atoms with Gasteiger partial charge in [-0.2, -0.15) is 0 Å². The Balaban J connectivity index is 2.33. The summed E-state index contributed by atoms with van der Waals surface area (Å²) >= 11 is 12.6. The fraction of sp³-hybridized carbons (Fsp3) is 0.368. The number of rotatable bonds is 3. The highest BCUT2D eigenvalue weighted by Crippen LogP contribution is 2.46. The molecule has 1 aromatic heterocycles. The molecule has 6 heteroatoms. The van der Waals surface area contributed by atoms with Crippen LogP contribution in [0.25, 0.3) is 11.3 Å². The summed E-state index contributed by atoms with van der Waals surface area (Å²) in [5, 5.41) is 16.0. The molecule has 0 bridgehead atoms. The van der Waals surface area contributed by atoms with Crippen molar-refractivity contribution < 1.29 is 14.4 Å². The number of hydrogen-bond acceptors (Lipinski definition) is 4. The maximum atomic E-state index is 13.1. The van der Waals surface area contributed by atoms with Crippen molar-refractivity contribution in [2.24, 2.45) is 11.8 Å². The summed E-state index contributed by atoms with van der Waals surface area (Å²) in [6.45, 7) is 7.54. The lowest BCUT2D eigenvalue weighted by Gasteiger charge is -2.32. The molecule has 4 nitrogen and oxygen atoms in total. The molecule has 2 aromatic rings. The third kappa shape index (κ3) is 2.73. The minimum absolute atomic E-state index is 0.0598. The van der Waals surface area contributed by atoms with Gasteiger partial charge in [-0.15, -0.1) is 0 Å². The van der Waals surface area contributed by atoms with E-state index < -0.39 is 5.60 Å². The van der Waals surface area contributed by atoms with Gasteiger partial charge in [0.05, 0.1) is 15.6 Å². The van der Waals surface area contributed by atoms with E-state index in [0.29, 0.717) is 21.2 Å². The summed E-state index contributed by atoms with van der Waals surface area (Å²) in [5.41, 5.74) is 0.0388. The van der Waals surface area contributed by atoms with Crippen LogP contribution in [0.4, 0.5) is 0 Å². The Bertz CT molecular complexity index is 863. The molecule has 1 N–H and O–H groups in total. The first-order valence-electron chi connectivity index (χ1n) is 8.12. The van der Waals surface area contributed by atoms with Crippen LogP contribution in [0.1, 0.15) is 43.8 Å². The number of benzene rings is 1. The van der Waals surface area contributed by atoms with E-state index in [0.717, 1.165) is 0 Å². The summed E-state index contributed by atoms with van der Waals surface area (Å²) in [6, 6.07) is 5.06. The van der Waals surface area contributed by atoms with E-state index in [-0.39, 0.29) is 34.6 Å². The molecule has 1 aliphatic carbocycles. The summed E-state index contributed by atoms with van der Waals surface area (Å²) < 4.78 is 5.44. The van der Waals surface area contributed by atoms with Crippen LogP contribution in [0.5, 0.6) is 0 Å². The average molecular weight is 380 g/mol. The van der Waals surface area contributed by atoms with Crippen molar-refractivity contribution in [3.8, 4) is 11.3 Å².